The SMILES string of the molecule is COC(=O)/C=C1/S/C(=N\N=Cc2ccc3ccoc3c2)NC1=O. The lowest BCUT2D eigenvalue weighted by Gasteiger charge is -1.92. The van der Waals surface area contributed by atoms with Crippen molar-refractivity contribution in [1.29, 1.82) is 0 Å². The number of hydrogen-bond donors (Lipinski definition) is 1. The molecule has 1 saturated heterocycles. The van der Waals surface area contributed by atoms with Crippen LogP contribution in [-0.4, -0.2) is 30.4 Å². The van der Waals surface area contributed by atoms with Gasteiger partial charge in [0, 0.05) is 11.5 Å². The topological polar surface area (TPSA) is 93.3 Å². The van der Waals surface area contributed by atoms with Crippen LogP contribution in [0.4, 0.5) is 0 Å². The van der Waals surface area contributed by atoms with Crippen molar-refractivity contribution in [3.8, 4) is 0 Å². The Morgan fingerprint density at radius 1 is 1.39 bits per heavy atom. The molecule has 1 amide bonds. The summed E-state index contributed by atoms with van der Waals surface area (Å²) in [7, 11) is 1.24. The normalized spacial score (nSPS) is 18.2. The van der Waals surface area contributed by atoms with E-state index in [4.69, 9.17) is 4.42 Å². The summed E-state index contributed by atoms with van der Waals surface area (Å²) in [6.45, 7) is 0. The molecule has 0 spiro atoms. The molecule has 1 fully saturated rings. The van der Waals surface area contributed by atoms with Crippen molar-refractivity contribution in [3.05, 3.63) is 47.1 Å². The molecule has 7 nitrogen and oxygen atoms in total. The molecule has 0 saturated carbocycles. The smallest absolute Gasteiger partial charge is 0.331 e. The molecule has 2 aromatic rings. The fourth-order valence-corrected chi connectivity index (χ4v) is 2.58. The number of ether oxygens (including phenoxy) is 1. The predicted octanol–water partition coefficient (Wildman–Crippen LogP) is 2.04. The van der Waals surface area contributed by atoms with Crippen molar-refractivity contribution in [1.82, 2.24) is 5.32 Å². The number of rotatable bonds is 3. The second kappa shape index (κ2) is 6.49. The molecule has 23 heavy (non-hydrogen) atoms. The van der Waals surface area contributed by atoms with Crippen molar-refractivity contribution in [2.24, 2.45) is 10.2 Å². The van der Waals surface area contributed by atoms with Crippen LogP contribution in [0.1, 0.15) is 5.56 Å². The first-order valence-electron chi connectivity index (χ1n) is 6.53. The van der Waals surface area contributed by atoms with Crippen LogP contribution in [0.25, 0.3) is 11.0 Å². The van der Waals surface area contributed by atoms with Crippen LogP contribution in [-0.2, 0) is 14.3 Å². The fraction of sp³-hybridized carbons (Fsp3) is 0.0667. The number of nitrogens with one attached hydrogen (secondary N) is 1. The molecule has 1 aliphatic rings. The van der Waals surface area contributed by atoms with Gasteiger partial charge in [0.15, 0.2) is 5.17 Å². The van der Waals surface area contributed by atoms with E-state index in [1.807, 2.05) is 24.3 Å². The Hall–Kier alpha value is -2.87. The molecular weight excluding hydrogens is 318 g/mol. The van der Waals surface area contributed by atoms with Gasteiger partial charge in [-0.25, -0.2) is 4.79 Å². The van der Waals surface area contributed by atoms with Crippen LogP contribution in [0, 0.1) is 0 Å². The summed E-state index contributed by atoms with van der Waals surface area (Å²) in [5.74, 6) is -1.01. The standard InChI is InChI=1S/C15H11N3O4S/c1-21-13(19)7-12-14(20)17-15(23-12)18-16-8-9-2-3-10-4-5-22-11(10)6-9/h2-8H,1H3,(H,17,18,20)/b12-7+,16-8?. The number of carbonyl (C=O) groups is 2. The van der Waals surface area contributed by atoms with Gasteiger partial charge in [-0.15, -0.1) is 5.10 Å². The van der Waals surface area contributed by atoms with Gasteiger partial charge in [0.05, 0.1) is 24.5 Å². The molecule has 0 radical (unpaired) electrons. The maximum Gasteiger partial charge on any atom is 0.331 e. The predicted molar refractivity (Wildman–Crippen MR) is 87.1 cm³/mol. The van der Waals surface area contributed by atoms with Crippen LogP contribution in [0.5, 0.6) is 0 Å². The van der Waals surface area contributed by atoms with Crippen LogP contribution in [0.3, 0.4) is 0 Å². The largest absolute Gasteiger partial charge is 0.466 e. The fourth-order valence-electron chi connectivity index (χ4n) is 1.84. The minimum atomic E-state index is -0.598. The Morgan fingerprint density at radius 2 is 2.26 bits per heavy atom. The van der Waals surface area contributed by atoms with Gasteiger partial charge < -0.3 is 9.15 Å². The molecule has 0 aliphatic carbocycles. The summed E-state index contributed by atoms with van der Waals surface area (Å²) in [6.07, 6.45) is 4.27. The van der Waals surface area contributed by atoms with Gasteiger partial charge in [-0.2, -0.15) is 5.10 Å². The number of nitrogens with zero attached hydrogens (tertiary/aromatic N) is 2. The Labute approximate surface area is 135 Å². The Morgan fingerprint density at radius 3 is 3.09 bits per heavy atom. The second-order valence-corrected chi connectivity index (χ2v) is 5.49. The molecular formula is C15H11N3O4S. The number of furan rings is 1. The number of methoxy groups -OCH3 is 1. The molecule has 8 heteroatoms. The molecule has 1 aliphatic heterocycles. The van der Waals surface area contributed by atoms with E-state index < -0.39 is 11.9 Å². The van der Waals surface area contributed by atoms with Crippen LogP contribution in [0.2, 0.25) is 0 Å². The highest BCUT2D eigenvalue weighted by Crippen LogP contribution is 2.23. The Bertz CT molecular complexity index is 866. The van der Waals surface area contributed by atoms with E-state index in [-0.39, 0.29) is 4.91 Å². The number of carbonyl (C=O) groups excluding carboxylic acids is 2. The minimum absolute atomic E-state index is 0.211. The lowest BCUT2D eigenvalue weighted by atomic mass is 10.2. The molecule has 116 valence electrons. The summed E-state index contributed by atoms with van der Waals surface area (Å²) >= 11 is 1.02. The highest BCUT2D eigenvalue weighted by molar-refractivity contribution is 8.18. The second-order valence-electron chi connectivity index (χ2n) is 4.46. The molecule has 1 N–H and O–H groups in total. The van der Waals surface area contributed by atoms with Crippen LogP contribution in [0.15, 0.2) is 56.1 Å². The van der Waals surface area contributed by atoms with Gasteiger partial charge in [-0.1, -0.05) is 12.1 Å². The lowest BCUT2D eigenvalue weighted by molar-refractivity contribution is -0.135. The Balaban J connectivity index is 1.71. The van der Waals surface area contributed by atoms with Gasteiger partial charge >= 0.3 is 5.97 Å². The van der Waals surface area contributed by atoms with Gasteiger partial charge in [0.25, 0.3) is 5.91 Å². The average Bonchev–Trinajstić information content (AvgIpc) is 3.14. The molecule has 2 heterocycles. The molecule has 0 atom stereocenters. The third kappa shape index (κ3) is 3.49. The number of amides is 1. The Kier molecular flexibility index (Phi) is 4.24. The number of hydrogen-bond acceptors (Lipinski definition) is 7. The molecule has 1 aromatic heterocycles. The van der Waals surface area contributed by atoms with Gasteiger partial charge in [-0.3, -0.25) is 10.1 Å². The highest BCUT2D eigenvalue weighted by Gasteiger charge is 2.24. The zero-order valence-electron chi connectivity index (χ0n) is 12.0. The molecule has 1 aromatic carbocycles. The summed E-state index contributed by atoms with van der Waals surface area (Å²) < 4.78 is 9.78. The summed E-state index contributed by atoms with van der Waals surface area (Å²) in [4.78, 5) is 23.0. The summed E-state index contributed by atoms with van der Waals surface area (Å²) in [6, 6.07) is 7.50. The van der Waals surface area contributed by atoms with Crippen LogP contribution < -0.4 is 5.32 Å². The van der Waals surface area contributed by atoms with E-state index in [0.717, 1.165) is 34.4 Å². The number of amidine groups is 1. The maximum atomic E-state index is 11.6. The van der Waals surface area contributed by atoms with E-state index in [1.54, 1.807) is 12.5 Å². The van der Waals surface area contributed by atoms with Crippen molar-refractivity contribution in [3.63, 3.8) is 0 Å². The van der Waals surface area contributed by atoms with E-state index in [0.29, 0.717) is 5.17 Å². The zero-order valence-corrected chi connectivity index (χ0v) is 12.8. The maximum absolute atomic E-state index is 11.6. The third-order valence-corrected chi connectivity index (χ3v) is 3.84. The number of fused-ring (bicyclic) bond motifs is 1. The van der Waals surface area contributed by atoms with E-state index in [2.05, 4.69) is 20.3 Å². The molecule has 0 unspecified atom stereocenters. The van der Waals surface area contributed by atoms with E-state index in [1.165, 1.54) is 7.11 Å². The van der Waals surface area contributed by atoms with E-state index in [9.17, 15) is 9.59 Å². The quantitative estimate of drug-likeness (QED) is 0.402. The van der Waals surface area contributed by atoms with Crippen molar-refractivity contribution >= 4 is 46.0 Å². The highest BCUT2D eigenvalue weighted by atomic mass is 32.2. The summed E-state index contributed by atoms with van der Waals surface area (Å²) in [5, 5.41) is 11.6. The van der Waals surface area contributed by atoms with Gasteiger partial charge in [0.2, 0.25) is 0 Å². The lowest BCUT2D eigenvalue weighted by Crippen LogP contribution is -2.19. The van der Waals surface area contributed by atoms with Gasteiger partial charge in [-0.05, 0) is 29.5 Å². The molecule has 3 rings (SSSR count). The first-order valence-corrected chi connectivity index (χ1v) is 7.34. The average molecular weight is 329 g/mol. The van der Waals surface area contributed by atoms with Crippen LogP contribution >= 0.6 is 11.8 Å². The monoisotopic (exact) mass is 329 g/mol. The molecule has 0 bridgehead atoms. The minimum Gasteiger partial charge on any atom is -0.466 e. The van der Waals surface area contributed by atoms with Crippen molar-refractivity contribution < 1.29 is 18.7 Å². The third-order valence-electron chi connectivity index (χ3n) is 2.94. The van der Waals surface area contributed by atoms with Gasteiger partial charge in [0.1, 0.15) is 5.58 Å². The zero-order chi connectivity index (χ0) is 16.2. The van der Waals surface area contributed by atoms with Crippen molar-refractivity contribution in [2.45, 2.75) is 0 Å². The number of esters is 1. The van der Waals surface area contributed by atoms with E-state index >= 15 is 0 Å². The van der Waals surface area contributed by atoms with Crippen molar-refractivity contribution in [2.75, 3.05) is 7.11 Å². The first kappa shape index (κ1) is 15.0. The first-order chi connectivity index (χ1) is 11.2. The number of benzene rings is 1. The summed E-state index contributed by atoms with van der Waals surface area (Å²) in [5.41, 5.74) is 1.57. The number of thioether (sulfide) groups is 1.